The summed E-state index contributed by atoms with van der Waals surface area (Å²) in [6.07, 6.45) is 4.01. The number of likely N-dealkylation sites (tertiary alicyclic amines) is 1. The molecule has 1 amide bonds. The topological polar surface area (TPSA) is 32.3 Å². The van der Waals surface area contributed by atoms with Crippen molar-refractivity contribution < 1.29 is 9.18 Å². The number of amides is 1. The Hall–Kier alpha value is -1.13. The van der Waals surface area contributed by atoms with Gasteiger partial charge in [-0.05, 0) is 67.8 Å². The molecule has 5 heteroatoms. The molecule has 140 valence electrons. The van der Waals surface area contributed by atoms with Gasteiger partial charge in [0, 0.05) is 13.0 Å². The van der Waals surface area contributed by atoms with Gasteiger partial charge in [0.1, 0.15) is 5.82 Å². The fraction of sp³-hybridized carbons (Fsp3) is 0.650. The first kappa shape index (κ1) is 20.2. The van der Waals surface area contributed by atoms with Crippen molar-refractivity contribution in [2.75, 3.05) is 19.6 Å². The van der Waals surface area contributed by atoms with E-state index >= 15 is 0 Å². The average molecular weight is 369 g/mol. The van der Waals surface area contributed by atoms with E-state index in [1.165, 1.54) is 18.9 Å². The number of hydrogen-bond donors (Lipinski definition) is 1. The molecule has 1 N–H and O–H groups in total. The molecule has 0 radical (unpaired) electrons. The standard InChI is InChI=1S/C20H29FN2O.ClH/c1-14-8-10-23(20(14)16-5-3-7-18(21)12-16)19(24)11-15(2)17-6-4-9-22-13-17;/h3,5,7,12,14-15,17,20,22H,4,6,8-11,13H2,1-2H3;1H. The van der Waals surface area contributed by atoms with Gasteiger partial charge in [-0.3, -0.25) is 4.79 Å². The SMILES string of the molecule is CC(CC(=O)N1CCC(C)C1c1cccc(F)c1)C1CCCNC1.Cl. The van der Waals surface area contributed by atoms with Crippen molar-refractivity contribution in [3.8, 4) is 0 Å². The molecule has 1 aromatic carbocycles. The van der Waals surface area contributed by atoms with Crippen LogP contribution >= 0.6 is 12.4 Å². The fourth-order valence-electron chi connectivity index (χ4n) is 4.35. The maximum atomic E-state index is 13.6. The maximum Gasteiger partial charge on any atom is 0.223 e. The highest BCUT2D eigenvalue weighted by molar-refractivity contribution is 5.85. The van der Waals surface area contributed by atoms with Crippen LogP contribution in [0.5, 0.6) is 0 Å². The number of hydrogen-bond acceptors (Lipinski definition) is 2. The van der Waals surface area contributed by atoms with E-state index in [-0.39, 0.29) is 30.2 Å². The molecule has 0 bridgehead atoms. The van der Waals surface area contributed by atoms with Crippen LogP contribution in [0.2, 0.25) is 0 Å². The third-order valence-corrected chi connectivity index (χ3v) is 5.85. The van der Waals surface area contributed by atoms with Gasteiger partial charge in [0.2, 0.25) is 5.91 Å². The van der Waals surface area contributed by atoms with Crippen molar-refractivity contribution in [1.29, 1.82) is 0 Å². The largest absolute Gasteiger partial charge is 0.335 e. The van der Waals surface area contributed by atoms with Crippen LogP contribution in [0.25, 0.3) is 0 Å². The Kier molecular flexibility index (Phi) is 7.26. The van der Waals surface area contributed by atoms with Crippen LogP contribution in [0.4, 0.5) is 4.39 Å². The predicted octanol–water partition coefficient (Wildman–Crippen LogP) is 4.18. The molecule has 2 fully saturated rings. The second-order valence-electron chi connectivity index (χ2n) is 7.64. The molecule has 2 aliphatic rings. The van der Waals surface area contributed by atoms with Crippen LogP contribution in [-0.2, 0) is 4.79 Å². The molecular weight excluding hydrogens is 339 g/mol. The zero-order chi connectivity index (χ0) is 17.1. The molecule has 0 aromatic heterocycles. The Morgan fingerprint density at radius 2 is 2.20 bits per heavy atom. The van der Waals surface area contributed by atoms with Crippen molar-refractivity contribution in [3.05, 3.63) is 35.6 Å². The first-order valence-electron chi connectivity index (χ1n) is 9.32. The van der Waals surface area contributed by atoms with Gasteiger partial charge in [0.05, 0.1) is 6.04 Å². The van der Waals surface area contributed by atoms with Gasteiger partial charge in [0.15, 0.2) is 0 Å². The molecule has 4 unspecified atom stereocenters. The normalized spacial score (nSPS) is 27.6. The van der Waals surface area contributed by atoms with Gasteiger partial charge in [-0.15, -0.1) is 12.4 Å². The Morgan fingerprint density at radius 3 is 2.88 bits per heavy atom. The lowest BCUT2D eigenvalue weighted by atomic mass is 9.85. The summed E-state index contributed by atoms with van der Waals surface area (Å²) in [7, 11) is 0. The molecule has 0 saturated carbocycles. The number of rotatable bonds is 4. The van der Waals surface area contributed by atoms with E-state index in [1.807, 2.05) is 11.0 Å². The zero-order valence-corrected chi connectivity index (χ0v) is 16.0. The van der Waals surface area contributed by atoms with E-state index in [0.29, 0.717) is 24.2 Å². The molecule has 2 aliphatic heterocycles. The summed E-state index contributed by atoms with van der Waals surface area (Å²) in [5.74, 6) is 1.37. The molecule has 1 aromatic rings. The van der Waals surface area contributed by atoms with Gasteiger partial charge < -0.3 is 10.2 Å². The highest BCUT2D eigenvalue weighted by Crippen LogP contribution is 2.38. The third-order valence-electron chi connectivity index (χ3n) is 5.85. The molecule has 0 spiro atoms. The first-order valence-corrected chi connectivity index (χ1v) is 9.32. The minimum absolute atomic E-state index is 0. The molecular formula is C20H30ClFN2O. The summed E-state index contributed by atoms with van der Waals surface area (Å²) in [6, 6.07) is 6.76. The van der Waals surface area contributed by atoms with Gasteiger partial charge >= 0.3 is 0 Å². The molecule has 3 nitrogen and oxygen atoms in total. The maximum absolute atomic E-state index is 13.6. The summed E-state index contributed by atoms with van der Waals surface area (Å²) in [5.41, 5.74) is 0.931. The summed E-state index contributed by atoms with van der Waals surface area (Å²) in [6.45, 7) is 7.28. The highest BCUT2D eigenvalue weighted by atomic mass is 35.5. The lowest BCUT2D eigenvalue weighted by molar-refractivity contribution is -0.133. The van der Waals surface area contributed by atoms with Crippen molar-refractivity contribution in [1.82, 2.24) is 10.2 Å². The van der Waals surface area contributed by atoms with Crippen LogP contribution in [-0.4, -0.2) is 30.4 Å². The Morgan fingerprint density at radius 1 is 1.40 bits per heavy atom. The summed E-state index contributed by atoms with van der Waals surface area (Å²) in [5, 5.41) is 3.44. The Bertz CT molecular complexity index is 577. The number of benzene rings is 1. The first-order chi connectivity index (χ1) is 11.6. The number of carbonyl (C=O) groups excluding carboxylic acids is 1. The summed E-state index contributed by atoms with van der Waals surface area (Å²) < 4.78 is 13.6. The number of halogens is 2. The van der Waals surface area contributed by atoms with Crippen molar-refractivity contribution in [2.24, 2.45) is 17.8 Å². The molecule has 25 heavy (non-hydrogen) atoms. The smallest absolute Gasteiger partial charge is 0.223 e. The molecule has 2 saturated heterocycles. The van der Waals surface area contributed by atoms with Crippen molar-refractivity contribution >= 4 is 18.3 Å². The van der Waals surface area contributed by atoms with Gasteiger partial charge in [-0.1, -0.05) is 26.0 Å². The van der Waals surface area contributed by atoms with Crippen molar-refractivity contribution in [2.45, 2.75) is 45.6 Å². The van der Waals surface area contributed by atoms with Crippen molar-refractivity contribution in [3.63, 3.8) is 0 Å². The van der Waals surface area contributed by atoms with Gasteiger partial charge in [-0.25, -0.2) is 4.39 Å². The van der Waals surface area contributed by atoms with Gasteiger partial charge in [0.25, 0.3) is 0 Å². The van der Waals surface area contributed by atoms with E-state index in [2.05, 4.69) is 19.2 Å². The zero-order valence-electron chi connectivity index (χ0n) is 15.2. The van der Waals surface area contributed by atoms with Crippen LogP contribution in [0.15, 0.2) is 24.3 Å². The molecule has 3 rings (SSSR count). The second kappa shape index (κ2) is 9.00. The second-order valence-corrected chi connectivity index (χ2v) is 7.64. The highest BCUT2D eigenvalue weighted by Gasteiger charge is 2.36. The summed E-state index contributed by atoms with van der Waals surface area (Å²) in [4.78, 5) is 14.9. The van der Waals surface area contributed by atoms with Crippen LogP contribution < -0.4 is 5.32 Å². The number of carbonyl (C=O) groups is 1. The van der Waals surface area contributed by atoms with E-state index < -0.39 is 0 Å². The average Bonchev–Trinajstić information content (AvgIpc) is 2.97. The van der Waals surface area contributed by atoms with Crippen LogP contribution in [0.1, 0.15) is 51.1 Å². The molecule has 2 heterocycles. The lowest BCUT2D eigenvalue weighted by Gasteiger charge is -2.32. The van der Waals surface area contributed by atoms with E-state index in [4.69, 9.17) is 0 Å². The number of nitrogens with one attached hydrogen (secondary N) is 1. The van der Waals surface area contributed by atoms with E-state index in [0.717, 1.165) is 31.6 Å². The molecule has 0 aliphatic carbocycles. The molecule has 4 atom stereocenters. The Balaban J connectivity index is 0.00000225. The minimum Gasteiger partial charge on any atom is -0.335 e. The lowest BCUT2D eigenvalue weighted by Crippen LogP contribution is -2.37. The number of piperidine rings is 1. The van der Waals surface area contributed by atoms with E-state index in [1.54, 1.807) is 12.1 Å². The van der Waals surface area contributed by atoms with E-state index in [9.17, 15) is 9.18 Å². The van der Waals surface area contributed by atoms with Crippen LogP contribution in [0, 0.1) is 23.6 Å². The quantitative estimate of drug-likeness (QED) is 0.864. The fourth-order valence-corrected chi connectivity index (χ4v) is 4.35. The minimum atomic E-state index is -0.222. The van der Waals surface area contributed by atoms with Crippen LogP contribution in [0.3, 0.4) is 0 Å². The third kappa shape index (κ3) is 4.73. The summed E-state index contributed by atoms with van der Waals surface area (Å²) >= 11 is 0. The predicted molar refractivity (Wildman–Crippen MR) is 101 cm³/mol. The Labute approximate surface area is 156 Å². The monoisotopic (exact) mass is 368 g/mol. The number of nitrogens with zero attached hydrogens (tertiary/aromatic N) is 1. The van der Waals surface area contributed by atoms with Gasteiger partial charge in [-0.2, -0.15) is 0 Å².